The summed E-state index contributed by atoms with van der Waals surface area (Å²) in [5, 5.41) is 3.44. The van der Waals surface area contributed by atoms with Crippen molar-refractivity contribution >= 4 is 27.2 Å². The molecule has 0 radical (unpaired) electrons. The maximum absolute atomic E-state index is 12.6. The molecule has 2 aromatic rings. The quantitative estimate of drug-likeness (QED) is 0.752. The van der Waals surface area contributed by atoms with Gasteiger partial charge in [0.25, 0.3) is 0 Å². The highest BCUT2D eigenvalue weighted by Gasteiger charge is 2.26. The highest BCUT2D eigenvalue weighted by atomic mass is 32.1. The lowest BCUT2D eigenvalue weighted by atomic mass is 9.77. The van der Waals surface area contributed by atoms with Crippen LogP contribution in [0.25, 0.3) is 10.1 Å². The first-order valence-corrected chi connectivity index (χ1v) is 8.63. The zero-order valence-corrected chi connectivity index (χ0v) is 12.9. The third kappa shape index (κ3) is 2.80. The Hall–Kier alpha value is -1.15. The molecule has 0 saturated heterocycles. The van der Waals surface area contributed by atoms with Crippen LogP contribution in [0.15, 0.2) is 29.6 Å². The van der Waals surface area contributed by atoms with Crippen molar-refractivity contribution in [2.75, 3.05) is 0 Å². The number of hydrogen-bond acceptors (Lipinski definition) is 2. The summed E-state index contributed by atoms with van der Waals surface area (Å²) in [5.74, 6) is 1.55. The SMILES string of the molecule is CCC1CCCC(C(=O)Cc2csc3ccccc23)C1. The van der Waals surface area contributed by atoms with Crippen molar-refractivity contribution < 1.29 is 4.79 Å². The minimum atomic E-state index is 0.312. The molecule has 1 fully saturated rings. The van der Waals surface area contributed by atoms with Gasteiger partial charge < -0.3 is 0 Å². The van der Waals surface area contributed by atoms with Gasteiger partial charge in [-0.2, -0.15) is 0 Å². The number of Topliss-reactive ketones (excluding diaryl/α,β-unsaturated/α-hetero) is 1. The maximum Gasteiger partial charge on any atom is 0.140 e. The topological polar surface area (TPSA) is 17.1 Å². The first-order chi connectivity index (χ1) is 9.78. The lowest BCUT2D eigenvalue weighted by Gasteiger charge is -2.27. The third-order valence-electron chi connectivity index (χ3n) is 4.74. The molecule has 1 nitrogen and oxygen atoms in total. The molecule has 0 amide bonds. The molecule has 1 aromatic carbocycles. The molecule has 0 aliphatic heterocycles. The molecular weight excluding hydrogens is 264 g/mol. The van der Waals surface area contributed by atoms with Crippen LogP contribution in [0.4, 0.5) is 0 Å². The number of carbonyl (C=O) groups excluding carboxylic acids is 1. The van der Waals surface area contributed by atoms with Crippen molar-refractivity contribution in [2.45, 2.75) is 45.4 Å². The molecule has 0 N–H and O–H groups in total. The minimum absolute atomic E-state index is 0.312. The lowest BCUT2D eigenvalue weighted by molar-refractivity contribution is -0.123. The van der Waals surface area contributed by atoms with Crippen molar-refractivity contribution in [3.05, 3.63) is 35.2 Å². The summed E-state index contributed by atoms with van der Waals surface area (Å²) in [6.45, 7) is 2.25. The van der Waals surface area contributed by atoms with Gasteiger partial charge in [-0.15, -0.1) is 11.3 Å². The fraction of sp³-hybridized carbons (Fsp3) is 0.500. The highest BCUT2D eigenvalue weighted by Crippen LogP contribution is 2.33. The van der Waals surface area contributed by atoms with E-state index in [9.17, 15) is 4.79 Å². The fourth-order valence-corrected chi connectivity index (χ4v) is 4.42. The normalized spacial score (nSPS) is 23.1. The van der Waals surface area contributed by atoms with Crippen molar-refractivity contribution in [1.29, 1.82) is 0 Å². The monoisotopic (exact) mass is 286 g/mol. The fourth-order valence-electron chi connectivity index (χ4n) is 3.46. The minimum Gasteiger partial charge on any atom is -0.299 e. The van der Waals surface area contributed by atoms with E-state index in [1.54, 1.807) is 11.3 Å². The van der Waals surface area contributed by atoms with Gasteiger partial charge in [-0.1, -0.05) is 44.4 Å². The Morgan fingerprint density at radius 1 is 1.30 bits per heavy atom. The molecule has 1 aliphatic rings. The maximum atomic E-state index is 12.6. The number of benzene rings is 1. The zero-order valence-electron chi connectivity index (χ0n) is 12.1. The number of thiophene rings is 1. The molecular formula is C18H22OS. The van der Waals surface area contributed by atoms with Gasteiger partial charge in [0.15, 0.2) is 0 Å². The molecule has 1 aromatic heterocycles. The summed E-state index contributed by atoms with van der Waals surface area (Å²) >= 11 is 1.76. The van der Waals surface area contributed by atoms with Crippen LogP contribution >= 0.6 is 11.3 Å². The number of fused-ring (bicyclic) bond motifs is 1. The van der Waals surface area contributed by atoms with E-state index in [2.05, 4.69) is 36.6 Å². The second-order valence-corrected chi connectivity index (χ2v) is 6.95. The van der Waals surface area contributed by atoms with E-state index in [1.807, 2.05) is 0 Å². The number of carbonyl (C=O) groups is 1. The van der Waals surface area contributed by atoms with Crippen molar-refractivity contribution in [3.8, 4) is 0 Å². The van der Waals surface area contributed by atoms with Crippen LogP contribution in [0.5, 0.6) is 0 Å². The molecule has 3 rings (SSSR count). The summed E-state index contributed by atoms with van der Waals surface area (Å²) in [6, 6.07) is 8.42. The van der Waals surface area contributed by atoms with Crippen LogP contribution in [-0.2, 0) is 11.2 Å². The van der Waals surface area contributed by atoms with Crippen LogP contribution in [0.3, 0.4) is 0 Å². The van der Waals surface area contributed by atoms with E-state index in [0.29, 0.717) is 18.1 Å². The van der Waals surface area contributed by atoms with Gasteiger partial charge in [0.05, 0.1) is 0 Å². The molecule has 2 heteroatoms. The van der Waals surface area contributed by atoms with Crippen molar-refractivity contribution in [2.24, 2.45) is 11.8 Å². The molecule has 2 unspecified atom stereocenters. The van der Waals surface area contributed by atoms with E-state index < -0.39 is 0 Å². The summed E-state index contributed by atoms with van der Waals surface area (Å²) in [7, 11) is 0. The highest BCUT2D eigenvalue weighted by molar-refractivity contribution is 7.17. The Labute approximate surface area is 125 Å². The van der Waals surface area contributed by atoms with Crippen LogP contribution < -0.4 is 0 Å². The standard InChI is InChI=1S/C18H22OS/c1-2-13-6-5-7-14(10-13)17(19)11-15-12-20-18-9-4-3-8-16(15)18/h3-4,8-9,12-14H,2,5-7,10-11H2,1H3. The largest absolute Gasteiger partial charge is 0.299 e. The Balaban J connectivity index is 1.72. The van der Waals surface area contributed by atoms with Crippen molar-refractivity contribution in [3.63, 3.8) is 0 Å². The third-order valence-corrected chi connectivity index (χ3v) is 5.75. The van der Waals surface area contributed by atoms with E-state index in [1.165, 1.54) is 34.9 Å². The second kappa shape index (κ2) is 6.09. The van der Waals surface area contributed by atoms with E-state index in [-0.39, 0.29) is 0 Å². The van der Waals surface area contributed by atoms with Crippen LogP contribution in [0.1, 0.15) is 44.6 Å². The zero-order chi connectivity index (χ0) is 13.9. The number of hydrogen-bond donors (Lipinski definition) is 0. The van der Waals surface area contributed by atoms with Crippen LogP contribution in [0.2, 0.25) is 0 Å². The Morgan fingerprint density at radius 2 is 2.15 bits per heavy atom. The Kier molecular flexibility index (Phi) is 4.21. The summed E-state index contributed by atoms with van der Waals surface area (Å²) in [4.78, 5) is 12.6. The summed E-state index contributed by atoms with van der Waals surface area (Å²) in [6.07, 6.45) is 6.64. The molecule has 0 spiro atoms. The first kappa shape index (κ1) is 13.8. The average Bonchev–Trinajstić information content (AvgIpc) is 2.90. The number of ketones is 1. The molecule has 1 heterocycles. The first-order valence-electron chi connectivity index (χ1n) is 7.75. The molecule has 1 aliphatic carbocycles. The summed E-state index contributed by atoms with van der Waals surface area (Å²) in [5.41, 5.74) is 1.23. The van der Waals surface area contributed by atoms with Gasteiger partial charge in [0.2, 0.25) is 0 Å². The van der Waals surface area contributed by atoms with E-state index in [0.717, 1.165) is 18.8 Å². The summed E-state index contributed by atoms with van der Waals surface area (Å²) < 4.78 is 1.30. The van der Waals surface area contributed by atoms with Gasteiger partial charge in [0, 0.05) is 17.0 Å². The Bertz CT molecular complexity index is 598. The molecule has 106 valence electrons. The van der Waals surface area contributed by atoms with Crippen LogP contribution in [-0.4, -0.2) is 5.78 Å². The van der Waals surface area contributed by atoms with Gasteiger partial charge in [0.1, 0.15) is 5.78 Å². The van der Waals surface area contributed by atoms with Gasteiger partial charge >= 0.3 is 0 Å². The van der Waals surface area contributed by atoms with Crippen molar-refractivity contribution in [1.82, 2.24) is 0 Å². The Morgan fingerprint density at radius 3 is 3.00 bits per heavy atom. The van der Waals surface area contributed by atoms with Gasteiger partial charge in [-0.05, 0) is 41.2 Å². The average molecular weight is 286 g/mol. The second-order valence-electron chi connectivity index (χ2n) is 6.04. The number of rotatable bonds is 4. The predicted octanol–water partition coefficient (Wildman–Crippen LogP) is 5.23. The molecule has 20 heavy (non-hydrogen) atoms. The lowest BCUT2D eigenvalue weighted by Crippen LogP contribution is -2.24. The van der Waals surface area contributed by atoms with E-state index in [4.69, 9.17) is 0 Å². The van der Waals surface area contributed by atoms with Gasteiger partial charge in [-0.25, -0.2) is 0 Å². The predicted molar refractivity (Wildman–Crippen MR) is 86.3 cm³/mol. The van der Waals surface area contributed by atoms with E-state index >= 15 is 0 Å². The molecule has 1 saturated carbocycles. The molecule has 0 bridgehead atoms. The molecule has 2 atom stereocenters. The smallest absolute Gasteiger partial charge is 0.140 e. The van der Waals surface area contributed by atoms with Gasteiger partial charge in [-0.3, -0.25) is 4.79 Å². The van der Waals surface area contributed by atoms with Crippen LogP contribution in [0, 0.1) is 11.8 Å².